The smallest absolute Gasteiger partial charge is 0.180 e. The molecule has 2 fully saturated rings. The summed E-state index contributed by atoms with van der Waals surface area (Å²) >= 11 is 0. The van der Waals surface area contributed by atoms with Gasteiger partial charge in [-0.15, -0.1) is 0 Å². The van der Waals surface area contributed by atoms with Crippen LogP contribution in [0.1, 0.15) is 0 Å². The summed E-state index contributed by atoms with van der Waals surface area (Å²) < 4.78 is 9.31. The predicted octanol–water partition coefficient (Wildman–Crippen LogP) is -0.582. The maximum atomic E-state index is 4.83. The minimum absolute atomic E-state index is 0.750. The molecule has 3 rings (SSSR count). The fourth-order valence-electron chi connectivity index (χ4n) is 1.14. The summed E-state index contributed by atoms with van der Waals surface area (Å²) in [4.78, 5) is 3.56. The van der Waals surface area contributed by atoms with Crippen molar-refractivity contribution in [2.75, 3.05) is 46.1 Å². The molecule has 3 N–H and O–H groups in total. The Kier molecular flexibility index (Phi) is 8.66. The highest BCUT2D eigenvalue weighted by atomic mass is 16.5. The molecule has 0 unspecified atom stereocenters. The molecule has 2 saturated heterocycles. The van der Waals surface area contributed by atoms with E-state index in [1.165, 1.54) is 12.7 Å². The quantitative estimate of drug-likeness (QED) is 0.552. The van der Waals surface area contributed by atoms with Crippen molar-refractivity contribution in [1.29, 1.82) is 0 Å². The molecule has 6 heteroatoms. The molecule has 0 bridgehead atoms. The second kappa shape index (κ2) is 10.6. The Balaban J connectivity index is 0.000000121. The van der Waals surface area contributed by atoms with Crippen LogP contribution >= 0.6 is 0 Å². The van der Waals surface area contributed by atoms with E-state index < -0.39 is 0 Å². The number of piperazine rings is 1. The average Bonchev–Trinajstić information content (AvgIpc) is 3.10. The number of nitrogens with zero attached hydrogens (tertiary/aromatic N) is 1. The average molecular weight is 228 g/mol. The molecule has 0 aromatic carbocycles. The Bertz CT molecular complexity index is 174. The van der Waals surface area contributed by atoms with Gasteiger partial charge in [-0.2, -0.15) is 0 Å². The van der Waals surface area contributed by atoms with Crippen molar-refractivity contribution in [2.45, 2.75) is 0 Å². The summed E-state index contributed by atoms with van der Waals surface area (Å²) in [5.41, 5.74) is 0. The molecule has 0 aliphatic carbocycles. The second-order valence-electron chi connectivity index (χ2n) is 3.23. The van der Waals surface area contributed by atoms with Crippen molar-refractivity contribution in [1.82, 2.24) is 20.9 Å². The Hall–Kier alpha value is -0.950. The zero-order valence-corrected chi connectivity index (χ0v) is 9.45. The third-order valence-corrected chi connectivity index (χ3v) is 1.93. The van der Waals surface area contributed by atoms with Crippen LogP contribution in [0.25, 0.3) is 0 Å². The van der Waals surface area contributed by atoms with E-state index in [0.29, 0.717) is 0 Å². The van der Waals surface area contributed by atoms with Crippen molar-refractivity contribution in [2.24, 2.45) is 0 Å². The van der Waals surface area contributed by atoms with Crippen molar-refractivity contribution in [3.05, 3.63) is 18.9 Å². The van der Waals surface area contributed by atoms with E-state index >= 15 is 0 Å². The van der Waals surface area contributed by atoms with Crippen LogP contribution < -0.4 is 16.0 Å². The summed E-state index contributed by atoms with van der Waals surface area (Å²) in [5.74, 6) is 0. The molecule has 0 atom stereocenters. The lowest BCUT2D eigenvalue weighted by atomic mass is 10.4. The van der Waals surface area contributed by atoms with Crippen molar-refractivity contribution in [3.63, 3.8) is 0 Å². The Morgan fingerprint density at radius 2 is 1.69 bits per heavy atom. The van der Waals surface area contributed by atoms with Gasteiger partial charge in [0.05, 0.1) is 19.5 Å². The van der Waals surface area contributed by atoms with Crippen LogP contribution in [0, 0.1) is 0 Å². The summed E-state index contributed by atoms with van der Waals surface area (Å²) in [6.45, 7) is 7.22. The van der Waals surface area contributed by atoms with E-state index in [9.17, 15) is 0 Å². The lowest BCUT2D eigenvalue weighted by molar-refractivity contribution is 0.194. The third-order valence-electron chi connectivity index (χ3n) is 1.93. The van der Waals surface area contributed by atoms with Crippen LogP contribution in [0.4, 0.5) is 0 Å². The van der Waals surface area contributed by atoms with E-state index in [4.69, 9.17) is 4.74 Å². The van der Waals surface area contributed by atoms with Crippen molar-refractivity contribution < 1.29 is 9.15 Å². The number of ether oxygens (including phenoxy) is 1. The van der Waals surface area contributed by atoms with Gasteiger partial charge in [0.25, 0.3) is 0 Å². The van der Waals surface area contributed by atoms with Gasteiger partial charge in [0.2, 0.25) is 0 Å². The highest BCUT2D eigenvalue weighted by Gasteiger charge is 1.92. The summed E-state index contributed by atoms with van der Waals surface area (Å²) in [7, 11) is 0. The van der Waals surface area contributed by atoms with Gasteiger partial charge in [-0.05, 0) is 0 Å². The van der Waals surface area contributed by atoms with E-state index in [1.807, 2.05) is 0 Å². The molecule has 1 aromatic heterocycles. The maximum Gasteiger partial charge on any atom is 0.180 e. The topological polar surface area (TPSA) is 71.3 Å². The zero-order valence-electron chi connectivity index (χ0n) is 9.45. The Labute approximate surface area is 95.8 Å². The van der Waals surface area contributed by atoms with Gasteiger partial charge < -0.3 is 19.8 Å². The normalized spacial score (nSPS) is 19.0. The van der Waals surface area contributed by atoms with Crippen LogP contribution in [0.3, 0.4) is 0 Å². The van der Waals surface area contributed by atoms with Gasteiger partial charge in [0.15, 0.2) is 6.39 Å². The molecule has 2 aliphatic heterocycles. The van der Waals surface area contributed by atoms with Gasteiger partial charge in [0, 0.05) is 32.7 Å². The van der Waals surface area contributed by atoms with Crippen molar-refractivity contribution >= 4 is 0 Å². The molecule has 0 amide bonds. The maximum absolute atomic E-state index is 4.83. The second-order valence-corrected chi connectivity index (χ2v) is 3.23. The number of aromatic nitrogens is 1. The van der Waals surface area contributed by atoms with Crippen LogP contribution in [0.5, 0.6) is 0 Å². The van der Waals surface area contributed by atoms with Crippen LogP contribution in [-0.2, 0) is 4.74 Å². The number of oxazole rings is 1. The molecule has 3 heterocycles. The molecule has 2 aliphatic rings. The number of nitrogens with one attached hydrogen (secondary N) is 3. The molecule has 0 saturated carbocycles. The monoisotopic (exact) mass is 228 g/mol. The fourth-order valence-corrected chi connectivity index (χ4v) is 1.14. The van der Waals surface area contributed by atoms with Crippen LogP contribution in [0.15, 0.2) is 23.3 Å². The van der Waals surface area contributed by atoms with Crippen LogP contribution in [0.2, 0.25) is 0 Å². The van der Waals surface area contributed by atoms with Gasteiger partial charge in [0.1, 0.15) is 6.26 Å². The first-order valence-corrected chi connectivity index (χ1v) is 5.52. The summed E-state index contributed by atoms with van der Waals surface area (Å²) in [5, 5.41) is 9.44. The molecule has 92 valence electrons. The van der Waals surface area contributed by atoms with Crippen molar-refractivity contribution in [3.8, 4) is 0 Å². The highest BCUT2D eigenvalue weighted by molar-refractivity contribution is 4.59. The molecule has 16 heavy (non-hydrogen) atoms. The van der Waals surface area contributed by atoms with E-state index in [0.717, 1.165) is 46.1 Å². The van der Waals surface area contributed by atoms with Gasteiger partial charge in [-0.3, -0.25) is 5.32 Å². The molecular formula is C10H20N4O2. The lowest BCUT2D eigenvalue weighted by Crippen LogP contribution is -2.39. The fraction of sp³-hybridized carbons (Fsp3) is 0.700. The number of hydrogen-bond donors (Lipinski definition) is 3. The third kappa shape index (κ3) is 8.37. The SMILES string of the molecule is C1CNCCN1.C1COCN1.c1cocn1. The molecule has 1 aromatic rings. The minimum Gasteiger partial charge on any atom is -0.452 e. The minimum atomic E-state index is 0.750. The first-order valence-electron chi connectivity index (χ1n) is 5.52. The lowest BCUT2D eigenvalue weighted by Gasteiger charge is -2.11. The van der Waals surface area contributed by atoms with E-state index in [1.54, 1.807) is 6.20 Å². The molecular weight excluding hydrogens is 208 g/mol. The Morgan fingerprint density at radius 3 is 1.88 bits per heavy atom. The molecule has 6 nitrogen and oxygen atoms in total. The largest absolute Gasteiger partial charge is 0.452 e. The van der Waals surface area contributed by atoms with E-state index in [-0.39, 0.29) is 0 Å². The van der Waals surface area contributed by atoms with Gasteiger partial charge in [-0.1, -0.05) is 0 Å². The molecule has 0 spiro atoms. The summed E-state index contributed by atoms with van der Waals surface area (Å²) in [6, 6.07) is 0. The number of hydrogen-bond acceptors (Lipinski definition) is 6. The predicted molar refractivity (Wildman–Crippen MR) is 61.1 cm³/mol. The highest BCUT2D eigenvalue weighted by Crippen LogP contribution is 1.75. The first kappa shape index (κ1) is 13.1. The number of rotatable bonds is 0. The first-order chi connectivity index (χ1) is 8.00. The standard InChI is InChI=1S/C4H10N2.C3H7NO.C3H3NO/c1-2-6-4-3-5-1;2*1-2-5-3-4-1/h5-6H,1-4H2;4H,1-3H2;1-3H. The molecule has 0 radical (unpaired) electrons. The van der Waals surface area contributed by atoms with Gasteiger partial charge in [-0.25, -0.2) is 4.98 Å². The Morgan fingerprint density at radius 1 is 0.938 bits per heavy atom. The van der Waals surface area contributed by atoms with Crippen LogP contribution in [-0.4, -0.2) is 51.0 Å². The van der Waals surface area contributed by atoms with Gasteiger partial charge >= 0.3 is 0 Å². The summed E-state index contributed by atoms with van der Waals surface area (Å²) in [6.07, 6.45) is 4.47. The zero-order chi connectivity index (χ0) is 11.3. The van der Waals surface area contributed by atoms with E-state index in [2.05, 4.69) is 25.4 Å².